The largest absolute Gasteiger partial charge is 0.491 e. The zero-order valence-electron chi connectivity index (χ0n) is 16.5. The fraction of sp³-hybridized carbons (Fsp3) is 0.368. The second kappa shape index (κ2) is 9.18. The number of aliphatic hydroxyl groups is 1. The highest BCUT2D eigenvalue weighted by atomic mass is 32.2. The van der Waals surface area contributed by atoms with Crippen LogP contribution in [0, 0.1) is 0 Å². The molecule has 11 heteroatoms. The van der Waals surface area contributed by atoms with Crippen LogP contribution in [-0.4, -0.2) is 53.7 Å². The fourth-order valence-corrected chi connectivity index (χ4v) is 3.62. The van der Waals surface area contributed by atoms with Gasteiger partial charge in [-0.3, -0.25) is 19.1 Å². The second-order valence-corrected chi connectivity index (χ2v) is 7.58. The number of nitrogens with one attached hydrogen (secondary N) is 1. The van der Waals surface area contributed by atoms with E-state index in [1.165, 1.54) is 11.6 Å². The van der Waals surface area contributed by atoms with E-state index in [9.17, 15) is 19.5 Å². The molecule has 2 aromatic heterocycles. The molecule has 30 heavy (non-hydrogen) atoms. The highest BCUT2D eigenvalue weighted by Gasteiger charge is 2.20. The highest BCUT2D eigenvalue weighted by molar-refractivity contribution is 7.99. The molecule has 3 N–H and O–H groups in total. The quantitative estimate of drug-likeness (QED) is 0.416. The second-order valence-electron chi connectivity index (χ2n) is 6.64. The van der Waals surface area contributed by atoms with Gasteiger partial charge in [0.15, 0.2) is 16.3 Å². The van der Waals surface area contributed by atoms with E-state index < -0.39 is 23.3 Å². The van der Waals surface area contributed by atoms with Gasteiger partial charge >= 0.3 is 11.7 Å². The van der Waals surface area contributed by atoms with Gasteiger partial charge in [0, 0.05) is 7.05 Å². The number of fused-ring (bicyclic) bond motifs is 1. The molecule has 0 aliphatic heterocycles. The molecule has 3 aromatic rings. The number of aromatic nitrogens is 4. The van der Waals surface area contributed by atoms with E-state index in [0.29, 0.717) is 5.75 Å². The van der Waals surface area contributed by atoms with Gasteiger partial charge in [0.2, 0.25) is 0 Å². The Kier molecular flexibility index (Phi) is 6.63. The molecule has 0 fully saturated rings. The van der Waals surface area contributed by atoms with E-state index in [1.807, 2.05) is 31.2 Å². The maximum absolute atomic E-state index is 12.4. The van der Waals surface area contributed by atoms with Gasteiger partial charge < -0.3 is 19.5 Å². The Morgan fingerprint density at radius 2 is 2.00 bits per heavy atom. The van der Waals surface area contributed by atoms with Crippen molar-refractivity contribution in [3.63, 3.8) is 0 Å². The summed E-state index contributed by atoms with van der Waals surface area (Å²) in [6.45, 7) is 1.94. The van der Waals surface area contributed by atoms with Crippen LogP contribution in [0.1, 0.15) is 12.5 Å². The molecule has 1 aromatic carbocycles. The molecule has 0 saturated heterocycles. The molecular formula is C19H22N4O6S. The summed E-state index contributed by atoms with van der Waals surface area (Å²) in [5, 5.41) is 19.7. The van der Waals surface area contributed by atoms with Crippen molar-refractivity contribution in [3.05, 3.63) is 50.7 Å². The van der Waals surface area contributed by atoms with Gasteiger partial charge in [0.25, 0.3) is 5.56 Å². The average molecular weight is 434 g/mol. The Morgan fingerprint density at radius 1 is 1.30 bits per heavy atom. The molecule has 1 unspecified atom stereocenters. The van der Waals surface area contributed by atoms with Crippen LogP contribution >= 0.6 is 11.8 Å². The number of ether oxygens (including phenoxy) is 1. The number of imidazole rings is 1. The van der Waals surface area contributed by atoms with E-state index in [4.69, 9.17) is 9.84 Å². The first-order valence-corrected chi connectivity index (χ1v) is 10.2. The van der Waals surface area contributed by atoms with Crippen LogP contribution < -0.4 is 16.0 Å². The summed E-state index contributed by atoms with van der Waals surface area (Å²) in [7, 11) is 1.45. The van der Waals surface area contributed by atoms with E-state index in [1.54, 1.807) is 0 Å². The van der Waals surface area contributed by atoms with Crippen molar-refractivity contribution in [1.82, 2.24) is 19.1 Å². The molecule has 1 atom stereocenters. The van der Waals surface area contributed by atoms with Crippen molar-refractivity contribution >= 4 is 28.9 Å². The Hall–Kier alpha value is -3.05. The lowest BCUT2D eigenvalue weighted by Crippen LogP contribution is -2.30. The number of H-pyrrole nitrogens is 1. The molecule has 3 rings (SSSR count). The Balaban J connectivity index is 1.85. The third kappa shape index (κ3) is 4.74. The summed E-state index contributed by atoms with van der Waals surface area (Å²) in [4.78, 5) is 41.6. The predicted octanol–water partition coefficient (Wildman–Crippen LogP) is 0.602. The molecule has 0 saturated carbocycles. The van der Waals surface area contributed by atoms with Gasteiger partial charge in [0.1, 0.15) is 18.5 Å². The van der Waals surface area contributed by atoms with Crippen LogP contribution in [0.25, 0.3) is 11.2 Å². The number of aromatic amines is 1. The third-order valence-corrected chi connectivity index (χ3v) is 5.43. The summed E-state index contributed by atoms with van der Waals surface area (Å²) in [6.07, 6.45) is -0.0983. The number of hydrogen-bond acceptors (Lipinski definition) is 7. The fourth-order valence-electron chi connectivity index (χ4n) is 2.90. The van der Waals surface area contributed by atoms with Crippen LogP contribution in [0.2, 0.25) is 0 Å². The number of carbonyl (C=O) groups is 1. The minimum Gasteiger partial charge on any atom is -0.491 e. The first-order valence-electron chi connectivity index (χ1n) is 9.24. The standard InChI is InChI=1S/C19H22N4O6S/c1-3-11-4-6-13(7-5-11)29-9-12(24)8-23-15-16(20-19(23)30-10-14(25)26)22(2)18(28)21-17(15)27/h4-7,12,24H,3,8-10H2,1-2H3,(H,25,26)(H,21,27,28). The number of aryl methyl sites for hydroxylation is 2. The van der Waals surface area contributed by atoms with Crippen molar-refractivity contribution in [2.75, 3.05) is 12.4 Å². The highest BCUT2D eigenvalue weighted by Crippen LogP contribution is 2.22. The van der Waals surface area contributed by atoms with E-state index in [-0.39, 0.29) is 35.2 Å². The number of aliphatic hydroxyl groups excluding tert-OH is 1. The van der Waals surface area contributed by atoms with Crippen LogP contribution in [0.15, 0.2) is 39.0 Å². The van der Waals surface area contributed by atoms with Crippen LogP contribution in [-0.2, 0) is 24.8 Å². The SMILES string of the molecule is CCc1ccc(OCC(O)Cn2c(SCC(=O)O)nc3c2c(=O)[nH]c(=O)n3C)cc1. The molecule has 0 spiro atoms. The molecule has 0 amide bonds. The van der Waals surface area contributed by atoms with Crippen LogP contribution in [0.3, 0.4) is 0 Å². The van der Waals surface area contributed by atoms with E-state index in [2.05, 4.69) is 9.97 Å². The van der Waals surface area contributed by atoms with Gasteiger partial charge in [0.05, 0.1) is 12.3 Å². The first-order chi connectivity index (χ1) is 14.3. The van der Waals surface area contributed by atoms with Gasteiger partial charge in [-0.1, -0.05) is 30.8 Å². The lowest BCUT2D eigenvalue weighted by molar-refractivity contribution is -0.133. The molecule has 2 heterocycles. The molecule has 0 bridgehead atoms. The third-order valence-electron chi connectivity index (χ3n) is 4.46. The zero-order chi connectivity index (χ0) is 21.8. The van der Waals surface area contributed by atoms with Gasteiger partial charge in [-0.2, -0.15) is 0 Å². The summed E-state index contributed by atoms with van der Waals surface area (Å²) in [5.74, 6) is -0.741. The summed E-state index contributed by atoms with van der Waals surface area (Å²) in [5.41, 5.74) is 0.0614. The summed E-state index contributed by atoms with van der Waals surface area (Å²) < 4.78 is 8.19. The lowest BCUT2D eigenvalue weighted by Gasteiger charge is -2.15. The van der Waals surface area contributed by atoms with Gasteiger partial charge in [-0.15, -0.1) is 0 Å². The molecular weight excluding hydrogens is 412 g/mol. The summed E-state index contributed by atoms with van der Waals surface area (Å²) >= 11 is 0.897. The Labute approximate surface area is 175 Å². The van der Waals surface area contributed by atoms with Crippen molar-refractivity contribution in [2.24, 2.45) is 7.05 Å². The number of benzene rings is 1. The maximum atomic E-state index is 12.4. The zero-order valence-corrected chi connectivity index (χ0v) is 17.3. The minimum absolute atomic E-state index is 0.0438. The van der Waals surface area contributed by atoms with E-state index >= 15 is 0 Å². The normalized spacial score (nSPS) is 12.2. The molecule has 0 aliphatic carbocycles. The number of carboxylic acids is 1. The van der Waals surface area contributed by atoms with Gasteiger partial charge in [-0.25, -0.2) is 9.78 Å². The molecule has 160 valence electrons. The molecule has 0 radical (unpaired) electrons. The van der Waals surface area contributed by atoms with Crippen molar-refractivity contribution in [2.45, 2.75) is 31.1 Å². The van der Waals surface area contributed by atoms with Crippen molar-refractivity contribution < 1.29 is 19.7 Å². The Morgan fingerprint density at radius 3 is 2.63 bits per heavy atom. The van der Waals surface area contributed by atoms with Crippen LogP contribution in [0.4, 0.5) is 0 Å². The van der Waals surface area contributed by atoms with Crippen molar-refractivity contribution in [1.29, 1.82) is 0 Å². The van der Waals surface area contributed by atoms with Gasteiger partial charge in [-0.05, 0) is 24.1 Å². The average Bonchev–Trinajstić information content (AvgIpc) is 3.08. The topological polar surface area (TPSA) is 139 Å². The first kappa shape index (κ1) is 21.7. The smallest absolute Gasteiger partial charge is 0.329 e. The number of thioether (sulfide) groups is 1. The molecule has 10 nitrogen and oxygen atoms in total. The Bertz CT molecular complexity index is 1160. The van der Waals surface area contributed by atoms with Crippen molar-refractivity contribution in [3.8, 4) is 5.75 Å². The lowest BCUT2D eigenvalue weighted by atomic mass is 10.2. The number of nitrogens with zero attached hydrogens (tertiary/aromatic N) is 3. The maximum Gasteiger partial charge on any atom is 0.329 e. The minimum atomic E-state index is -1.05. The predicted molar refractivity (Wildman–Crippen MR) is 111 cm³/mol. The van der Waals surface area contributed by atoms with E-state index in [0.717, 1.165) is 28.3 Å². The van der Waals surface area contributed by atoms with Crippen LogP contribution in [0.5, 0.6) is 5.75 Å². The number of rotatable bonds is 9. The number of aliphatic carboxylic acids is 1. The number of carboxylic acid groups (broad SMARTS) is 1. The number of hydrogen-bond donors (Lipinski definition) is 3. The monoisotopic (exact) mass is 434 g/mol. The summed E-state index contributed by atoms with van der Waals surface area (Å²) in [6, 6.07) is 7.50. The molecule has 0 aliphatic rings.